The van der Waals surface area contributed by atoms with E-state index < -0.39 is 5.69 Å². The number of anilines is 2. The smallest absolute Gasteiger partial charge is 0.312 e. The van der Waals surface area contributed by atoms with Gasteiger partial charge in [0.15, 0.2) is 11.2 Å². The summed E-state index contributed by atoms with van der Waals surface area (Å²) in [5, 5.41) is 0. The molecule has 0 radical (unpaired) electrons. The molecular formula is C23H22FN5O2. The molecule has 0 aliphatic carbocycles. The first kappa shape index (κ1) is 19.3. The molecule has 0 saturated heterocycles. The Hall–Kier alpha value is -3.68. The van der Waals surface area contributed by atoms with Crippen LogP contribution in [-0.2, 0) is 20.1 Å². The molecule has 158 valence electrons. The van der Waals surface area contributed by atoms with Gasteiger partial charge in [-0.05, 0) is 35.7 Å². The Labute approximate surface area is 177 Å². The van der Waals surface area contributed by atoms with Gasteiger partial charge in [-0.1, -0.05) is 37.3 Å². The van der Waals surface area contributed by atoms with Crippen LogP contribution < -0.4 is 16.1 Å². The SMILES string of the molecule is C[C@@H]1CN(c2ccccc2)c2nc3c(c(=O)n(Cc4ccc(F)cc4)c(=O)n3C)n2C1. The zero-order valence-corrected chi connectivity index (χ0v) is 17.3. The lowest BCUT2D eigenvalue weighted by Gasteiger charge is -2.32. The van der Waals surface area contributed by atoms with Gasteiger partial charge in [0.2, 0.25) is 5.95 Å². The maximum Gasteiger partial charge on any atom is 0.332 e. The van der Waals surface area contributed by atoms with Crippen LogP contribution in [0.2, 0.25) is 0 Å². The van der Waals surface area contributed by atoms with Gasteiger partial charge in [-0.3, -0.25) is 13.9 Å². The van der Waals surface area contributed by atoms with Crippen molar-refractivity contribution in [1.29, 1.82) is 0 Å². The van der Waals surface area contributed by atoms with Crippen molar-refractivity contribution in [3.63, 3.8) is 0 Å². The Kier molecular flexibility index (Phi) is 4.50. The lowest BCUT2D eigenvalue weighted by molar-refractivity contribution is 0.458. The molecule has 1 atom stereocenters. The number of halogens is 1. The average molecular weight is 419 g/mol. The van der Waals surface area contributed by atoms with Crippen LogP contribution in [0.4, 0.5) is 16.0 Å². The van der Waals surface area contributed by atoms with Crippen molar-refractivity contribution in [3.05, 3.63) is 86.8 Å². The number of fused-ring (bicyclic) bond motifs is 3. The fourth-order valence-corrected chi connectivity index (χ4v) is 4.24. The maximum absolute atomic E-state index is 13.5. The molecule has 0 saturated carbocycles. The summed E-state index contributed by atoms with van der Waals surface area (Å²) in [4.78, 5) is 33.2. The summed E-state index contributed by atoms with van der Waals surface area (Å²) >= 11 is 0. The number of aromatic nitrogens is 4. The van der Waals surface area contributed by atoms with Crippen molar-refractivity contribution in [2.24, 2.45) is 13.0 Å². The highest BCUT2D eigenvalue weighted by Gasteiger charge is 2.29. The second-order valence-corrected chi connectivity index (χ2v) is 8.11. The molecule has 1 aliphatic heterocycles. The number of benzene rings is 2. The molecule has 2 aromatic heterocycles. The third-order valence-electron chi connectivity index (χ3n) is 5.76. The van der Waals surface area contributed by atoms with Crippen LogP contribution in [0.25, 0.3) is 11.2 Å². The van der Waals surface area contributed by atoms with E-state index >= 15 is 0 Å². The number of rotatable bonds is 3. The van der Waals surface area contributed by atoms with Crippen LogP contribution in [0.5, 0.6) is 0 Å². The first-order valence-electron chi connectivity index (χ1n) is 10.2. The molecule has 31 heavy (non-hydrogen) atoms. The van der Waals surface area contributed by atoms with Gasteiger partial charge in [-0.2, -0.15) is 4.98 Å². The van der Waals surface area contributed by atoms with E-state index in [4.69, 9.17) is 4.98 Å². The second-order valence-electron chi connectivity index (χ2n) is 8.11. The fraction of sp³-hybridized carbons (Fsp3) is 0.261. The van der Waals surface area contributed by atoms with Crippen LogP contribution in [0.1, 0.15) is 12.5 Å². The summed E-state index contributed by atoms with van der Waals surface area (Å²) in [6.45, 7) is 3.61. The van der Waals surface area contributed by atoms with Gasteiger partial charge in [-0.15, -0.1) is 0 Å². The minimum atomic E-state index is -0.448. The third kappa shape index (κ3) is 3.15. The van der Waals surface area contributed by atoms with Crippen molar-refractivity contribution < 1.29 is 4.39 Å². The first-order chi connectivity index (χ1) is 14.9. The number of imidazole rings is 1. The predicted octanol–water partition coefficient (Wildman–Crippen LogP) is 2.87. The Morgan fingerprint density at radius 2 is 1.74 bits per heavy atom. The number of hydrogen-bond donors (Lipinski definition) is 0. The molecule has 5 rings (SSSR count). The van der Waals surface area contributed by atoms with Crippen molar-refractivity contribution in [3.8, 4) is 0 Å². The molecule has 4 aromatic rings. The van der Waals surface area contributed by atoms with Crippen molar-refractivity contribution >= 4 is 22.8 Å². The quantitative estimate of drug-likeness (QED) is 0.512. The van der Waals surface area contributed by atoms with Crippen LogP contribution in [-0.4, -0.2) is 25.2 Å². The Morgan fingerprint density at radius 1 is 1.03 bits per heavy atom. The van der Waals surface area contributed by atoms with Gasteiger partial charge in [0, 0.05) is 25.8 Å². The standard InChI is InChI=1S/C23H22FN5O2/c1-15-12-27(18-6-4-3-5-7-18)22-25-20-19(28(22)13-15)21(30)29(23(31)26(20)2)14-16-8-10-17(24)11-9-16/h3-11,15H,12-14H2,1-2H3/t15-/m1/s1. The van der Waals surface area contributed by atoms with Crippen LogP contribution in [0.15, 0.2) is 64.2 Å². The lowest BCUT2D eigenvalue weighted by Crippen LogP contribution is -2.40. The molecular weight excluding hydrogens is 397 g/mol. The summed E-state index contributed by atoms with van der Waals surface area (Å²) < 4.78 is 17.8. The summed E-state index contributed by atoms with van der Waals surface area (Å²) in [6.07, 6.45) is 0. The monoisotopic (exact) mass is 419 g/mol. The van der Waals surface area contributed by atoms with E-state index in [1.165, 1.54) is 21.3 Å². The minimum Gasteiger partial charge on any atom is -0.312 e. The summed E-state index contributed by atoms with van der Waals surface area (Å²) in [6, 6.07) is 15.7. The van der Waals surface area contributed by atoms with E-state index in [0.29, 0.717) is 29.2 Å². The molecule has 0 fully saturated rings. The van der Waals surface area contributed by atoms with E-state index in [1.807, 2.05) is 34.9 Å². The van der Waals surface area contributed by atoms with E-state index in [-0.39, 0.29) is 23.8 Å². The van der Waals surface area contributed by atoms with Crippen molar-refractivity contribution in [2.75, 3.05) is 11.4 Å². The molecule has 0 unspecified atom stereocenters. The molecule has 3 heterocycles. The number of aryl methyl sites for hydroxylation is 1. The number of hydrogen-bond acceptors (Lipinski definition) is 4. The second kappa shape index (κ2) is 7.23. The topological polar surface area (TPSA) is 65.1 Å². The molecule has 2 aromatic carbocycles. The molecule has 0 N–H and O–H groups in total. The summed E-state index contributed by atoms with van der Waals surface area (Å²) in [7, 11) is 1.63. The predicted molar refractivity (Wildman–Crippen MR) is 117 cm³/mol. The van der Waals surface area contributed by atoms with Gasteiger partial charge in [0.05, 0.1) is 6.54 Å². The van der Waals surface area contributed by atoms with Gasteiger partial charge in [0.25, 0.3) is 5.56 Å². The van der Waals surface area contributed by atoms with Crippen LogP contribution in [0, 0.1) is 11.7 Å². The molecule has 7 nitrogen and oxygen atoms in total. The third-order valence-corrected chi connectivity index (χ3v) is 5.76. The van der Waals surface area contributed by atoms with Crippen molar-refractivity contribution in [1.82, 2.24) is 18.7 Å². The van der Waals surface area contributed by atoms with Gasteiger partial charge < -0.3 is 9.47 Å². The highest BCUT2D eigenvalue weighted by atomic mass is 19.1. The molecule has 1 aliphatic rings. The highest BCUT2D eigenvalue weighted by Crippen LogP contribution is 2.32. The number of nitrogens with zero attached hydrogens (tertiary/aromatic N) is 5. The highest BCUT2D eigenvalue weighted by molar-refractivity contribution is 5.77. The fourth-order valence-electron chi connectivity index (χ4n) is 4.24. The lowest BCUT2D eigenvalue weighted by atomic mass is 10.1. The normalized spacial score (nSPS) is 16.0. The van der Waals surface area contributed by atoms with Crippen LogP contribution in [0.3, 0.4) is 0 Å². The molecule has 0 amide bonds. The van der Waals surface area contributed by atoms with Crippen molar-refractivity contribution in [2.45, 2.75) is 20.0 Å². The summed E-state index contributed by atoms with van der Waals surface area (Å²) in [5.41, 5.74) is 1.61. The average Bonchev–Trinajstić information content (AvgIpc) is 3.16. The largest absolute Gasteiger partial charge is 0.332 e. The van der Waals surface area contributed by atoms with Gasteiger partial charge in [0.1, 0.15) is 5.82 Å². The molecule has 0 bridgehead atoms. The Bertz CT molecular complexity index is 1390. The Balaban J connectivity index is 1.72. The van der Waals surface area contributed by atoms with Gasteiger partial charge >= 0.3 is 5.69 Å². The minimum absolute atomic E-state index is 0.0696. The van der Waals surface area contributed by atoms with E-state index in [0.717, 1.165) is 12.2 Å². The maximum atomic E-state index is 13.5. The van der Waals surface area contributed by atoms with E-state index in [9.17, 15) is 14.0 Å². The van der Waals surface area contributed by atoms with Crippen LogP contribution >= 0.6 is 0 Å². The Morgan fingerprint density at radius 3 is 2.45 bits per heavy atom. The van der Waals surface area contributed by atoms with E-state index in [2.05, 4.69) is 11.8 Å². The molecule has 0 spiro atoms. The first-order valence-corrected chi connectivity index (χ1v) is 10.2. The van der Waals surface area contributed by atoms with E-state index in [1.54, 1.807) is 19.2 Å². The zero-order valence-electron chi connectivity index (χ0n) is 17.3. The number of para-hydroxylation sites is 1. The summed E-state index contributed by atoms with van der Waals surface area (Å²) in [5.74, 6) is 0.581. The zero-order chi connectivity index (χ0) is 21.7. The van der Waals surface area contributed by atoms with Gasteiger partial charge in [-0.25, -0.2) is 9.18 Å². The molecule has 8 heteroatoms.